The maximum Gasteiger partial charge on any atom is 0.260 e. The number of pyridine rings is 1. The summed E-state index contributed by atoms with van der Waals surface area (Å²) in [5.74, 6) is 0.403. The molecule has 0 radical (unpaired) electrons. The van der Waals surface area contributed by atoms with Gasteiger partial charge in [-0.05, 0) is 43.3 Å². The topological polar surface area (TPSA) is 55.3 Å². The first-order valence-corrected chi connectivity index (χ1v) is 10.0. The van der Waals surface area contributed by atoms with E-state index in [-0.39, 0.29) is 18.6 Å². The van der Waals surface area contributed by atoms with E-state index >= 15 is 0 Å². The van der Waals surface area contributed by atoms with Gasteiger partial charge >= 0.3 is 0 Å². The van der Waals surface area contributed by atoms with Crippen LogP contribution in [-0.4, -0.2) is 34.4 Å². The molecule has 0 aliphatic carbocycles. The van der Waals surface area contributed by atoms with Crippen molar-refractivity contribution in [1.29, 1.82) is 0 Å². The van der Waals surface area contributed by atoms with E-state index in [2.05, 4.69) is 9.97 Å². The van der Waals surface area contributed by atoms with Crippen molar-refractivity contribution >= 4 is 50.0 Å². The number of rotatable bonds is 5. The van der Waals surface area contributed by atoms with Crippen LogP contribution in [0, 0.1) is 0 Å². The molecule has 2 aromatic heterocycles. The molecule has 0 saturated heterocycles. The molecule has 0 saturated carbocycles. The smallest absolute Gasteiger partial charge is 0.260 e. The fourth-order valence-electron chi connectivity index (χ4n) is 2.92. The Hall–Kier alpha value is -2.70. The van der Waals surface area contributed by atoms with Crippen LogP contribution in [0.4, 0.5) is 0 Å². The van der Waals surface area contributed by atoms with Gasteiger partial charge in [0.15, 0.2) is 6.61 Å². The molecule has 1 atom stereocenters. The molecular formula is C21H18ClN3O2S. The zero-order valence-corrected chi connectivity index (χ0v) is 17.0. The molecule has 0 bridgehead atoms. The summed E-state index contributed by atoms with van der Waals surface area (Å²) in [6, 6.07) is 15.0. The Morgan fingerprint density at radius 2 is 2.04 bits per heavy atom. The molecule has 5 nitrogen and oxygen atoms in total. The summed E-state index contributed by atoms with van der Waals surface area (Å²) >= 11 is 7.81. The van der Waals surface area contributed by atoms with Crippen LogP contribution in [0.3, 0.4) is 0 Å². The highest BCUT2D eigenvalue weighted by atomic mass is 35.5. The van der Waals surface area contributed by atoms with E-state index in [0.717, 1.165) is 20.6 Å². The number of hydrogen-bond acceptors (Lipinski definition) is 5. The number of ether oxygens (including phenoxy) is 1. The standard InChI is InChI=1S/C21H18ClN3O2S/c1-13(21-24-16-7-3-4-8-18(16)28-21)25(2)19(26)12-27-17-10-9-15(22)14-6-5-11-23-20(14)17/h3-11,13H,12H2,1-2H3/t13-/m0/s1. The van der Waals surface area contributed by atoms with E-state index in [1.807, 2.05) is 43.3 Å². The van der Waals surface area contributed by atoms with Crippen LogP contribution in [0.15, 0.2) is 54.7 Å². The maximum absolute atomic E-state index is 12.7. The van der Waals surface area contributed by atoms with Gasteiger partial charge in [0.1, 0.15) is 16.3 Å². The number of aromatic nitrogens is 2. The number of fused-ring (bicyclic) bond motifs is 2. The number of hydrogen-bond donors (Lipinski definition) is 0. The highest BCUT2D eigenvalue weighted by molar-refractivity contribution is 7.18. The predicted molar refractivity (Wildman–Crippen MR) is 113 cm³/mol. The van der Waals surface area contributed by atoms with Gasteiger partial charge in [-0.25, -0.2) is 4.98 Å². The van der Waals surface area contributed by atoms with Crippen molar-refractivity contribution in [1.82, 2.24) is 14.9 Å². The van der Waals surface area contributed by atoms with Gasteiger partial charge in [-0.1, -0.05) is 23.7 Å². The number of para-hydroxylation sites is 1. The summed E-state index contributed by atoms with van der Waals surface area (Å²) in [7, 11) is 1.76. The van der Waals surface area contributed by atoms with Gasteiger partial charge in [-0.2, -0.15) is 0 Å². The van der Waals surface area contributed by atoms with Gasteiger partial charge in [0.2, 0.25) is 0 Å². The van der Waals surface area contributed by atoms with Crippen molar-refractivity contribution in [3.8, 4) is 5.75 Å². The quantitative estimate of drug-likeness (QED) is 0.458. The number of halogens is 1. The molecule has 0 unspecified atom stereocenters. The number of nitrogens with zero attached hydrogens (tertiary/aromatic N) is 3. The van der Waals surface area contributed by atoms with Crippen molar-refractivity contribution in [2.45, 2.75) is 13.0 Å². The van der Waals surface area contributed by atoms with Gasteiger partial charge in [-0.15, -0.1) is 11.3 Å². The summed E-state index contributed by atoms with van der Waals surface area (Å²) in [6.07, 6.45) is 1.68. The van der Waals surface area contributed by atoms with Gasteiger partial charge in [0, 0.05) is 18.6 Å². The van der Waals surface area contributed by atoms with E-state index in [1.165, 1.54) is 0 Å². The number of carbonyl (C=O) groups is 1. The number of amides is 1. The van der Waals surface area contributed by atoms with Gasteiger partial charge in [0.25, 0.3) is 5.91 Å². The average Bonchev–Trinajstić information content (AvgIpc) is 3.16. The van der Waals surface area contributed by atoms with Crippen molar-refractivity contribution < 1.29 is 9.53 Å². The Kier molecular flexibility index (Phi) is 5.15. The number of likely N-dealkylation sites (N-methyl/N-ethyl adjacent to an activating group) is 1. The fourth-order valence-corrected chi connectivity index (χ4v) is 4.20. The van der Waals surface area contributed by atoms with Crippen molar-refractivity contribution in [3.05, 3.63) is 64.8 Å². The normalized spacial score (nSPS) is 12.2. The molecule has 1 amide bonds. The summed E-state index contributed by atoms with van der Waals surface area (Å²) in [5.41, 5.74) is 1.59. The van der Waals surface area contributed by atoms with E-state index in [4.69, 9.17) is 16.3 Å². The lowest BCUT2D eigenvalue weighted by atomic mass is 10.2. The molecule has 0 aliphatic heterocycles. The molecular weight excluding hydrogens is 394 g/mol. The minimum Gasteiger partial charge on any atom is -0.481 e. The first-order valence-electron chi connectivity index (χ1n) is 8.82. The molecule has 2 aromatic carbocycles. The van der Waals surface area contributed by atoms with Crippen LogP contribution in [0.2, 0.25) is 5.02 Å². The third-order valence-corrected chi connectivity index (χ3v) is 6.21. The molecule has 0 spiro atoms. The van der Waals surface area contributed by atoms with E-state index in [0.29, 0.717) is 16.3 Å². The SMILES string of the molecule is C[C@@H](c1nc2ccccc2s1)N(C)C(=O)COc1ccc(Cl)c2cccnc12. The largest absolute Gasteiger partial charge is 0.481 e. The zero-order chi connectivity index (χ0) is 19.7. The minimum absolute atomic E-state index is 0.0843. The Labute approximate surface area is 171 Å². The van der Waals surface area contributed by atoms with E-state index in [9.17, 15) is 4.79 Å². The Bertz CT molecular complexity index is 1130. The third kappa shape index (κ3) is 3.53. The molecule has 7 heteroatoms. The first-order chi connectivity index (χ1) is 13.5. The molecule has 0 aliphatic rings. The average molecular weight is 412 g/mol. The lowest BCUT2D eigenvalue weighted by Crippen LogP contribution is -2.33. The summed E-state index contributed by atoms with van der Waals surface area (Å²) in [4.78, 5) is 23.3. The summed E-state index contributed by atoms with van der Waals surface area (Å²) in [6.45, 7) is 1.88. The van der Waals surface area contributed by atoms with Crippen LogP contribution >= 0.6 is 22.9 Å². The molecule has 4 aromatic rings. The Balaban J connectivity index is 1.48. The van der Waals surface area contributed by atoms with E-state index in [1.54, 1.807) is 41.6 Å². The van der Waals surface area contributed by atoms with Crippen molar-refractivity contribution in [3.63, 3.8) is 0 Å². The summed E-state index contributed by atoms with van der Waals surface area (Å²) < 4.78 is 6.88. The van der Waals surface area contributed by atoms with Crippen molar-refractivity contribution in [2.75, 3.05) is 13.7 Å². The molecule has 4 rings (SSSR count). The van der Waals surface area contributed by atoms with Crippen LogP contribution in [0.1, 0.15) is 18.0 Å². The molecule has 2 heterocycles. The summed E-state index contributed by atoms with van der Waals surface area (Å²) in [5, 5.41) is 2.30. The van der Waals surface area contributed by atoms with Crippen LogP contribution in [0.5, 0.6) is 5.75 Å². The predicted octanol–water partition coefficient (Wildman–Crippen LogP) is 5.10. The van der Waals surface area contributed by atoms with Gasteiger partial charge in [-0.3, -0.25) is 9.78 Å². The van der Waals surface area contributed by atoms with Crippen LogP contribution in [-0.2, 0) is 4.79 Å². The van der Waals surface area contributed by atoms with Gasteiger partial charge in [0.05, 0.1) is 21.3 Å². The van der Waals surface area contributed by atoms with Crippen LogP contribution < -0.4 is 4.74 Å². The van der Waals surface area contributed by atoms with Gasteiger partial charge < -0.3 is 9.64 Å². The second kappa shape index (κ2) is 7.73. The molecule has 0 N–H and O–H groups in total. The number of carbonyl (C=O) groups excluding carboxylic acids is 1. The third-order valence-electron chi connectivity index (χ3n) is 4.67. The van der Waals surface area contributed by atoms with E-state index < -0.39 is 0 Å². The monoisotopic (exact) mass is 411 g/mol. The second-order valence-electron chi connectivity index (χ2n) is 6.43. The lowest BCUT2D eigenvalue weighted by molar-refractivity contribution is -0.133. The minimum atomic E-state index is -0.145. The highest BCUT2D eigenvalue weighted by Gasteiger charge is 2.21. The first kappa shape index (κ1) is 18.7. The Morgan fingerprint density at radius 3 is 2.86 bits per heavy atom. The zero-order valence-electron chi connectivity index (χ0n) is 15.4. The molecule has 28 heavy (non-hydrogen) atoms. The lowest BCUT2D eigenvalue weighted by Gasteiger charge is -2.23. The maximum atomic E-state index is 12.7. The van der Waals surface area contributed by atoms with Crippen molar-refractivity contribution in [2.24, 2.45) is 0 Å². The number of benzene rings is 2. The second-order valence-corrected chi connectivity index (χ2v) is 7.90. The molecule has 0 fully saturated rings. The van der Waals surface area contributed by atoms with Crippen LogP contribution in [0.25, 0.3) is 21.1 Å². The molecule has 142 valence electrons. The highest BCUT2D eigenvalue weighted by Crippen LogP contribution is 2.31. The number of thiazole rings is 1. The Morgan fingerprint density at radius 1 is 1.21 bits per heavy atom. The fraction of sp³-hybridized carbons (Fsp3) is 0.190.